The van der Waals surface area contributed by atoms with E-state index >= 15 is 0 Å². The molecule has 2 atom stereocenters. The lowest BCUT2D eigenvalue weighted by Gasteiger charge is -2.35. The molecule has 0 spiro atoms. The number of hydrogen-bond acceptors (Lipinski definition) is 0. The van der Waals surface area contributed by atoms with E-state index in [0.29, 0.717) is 0 Å². The van der Waals surface area contributed by atoms with Crippen LogP contribution in [-0.2, 0) is 6.42 Å². The van der Waals surface area contributed by atoms with Crippen molar-refractivity contribution >= 4 is 0 Å². The predicted molar refractivity (Wildman–Crippen MR) is 52.7 cm³/mol. The molecule has 0 aromatic heterocycles. The summed E-state index contributed by atoms with van der Waals surface area (Å²) >= 11 is 0. The Labute approximate surface area is 74.6 Å². The Kier molecular flexibility index (Phi) is 1.71. The minimum Gasteiger partial charge on any atom is -0.0613 e. The van der Waals surface area contributed by atoms with Crippen LogP contribution in [0.4, 0.5) is 0 Å². The molecule has 0 saturated carbocycles. The van der Waals surface area contributed by atoms with Crippen LogP contribution >= 0.6 is 0 Å². The number of aryl methyl sites for hydroxylation is 1. The van der Waals surface area contributed by atoms with Gasteiger partial charge in [0, 0.05) is 0 Å². The van der Waals surface area contributed by atoms with Crippen LogP contribution in [0.25, 0.3) is 0 Å². The van der Waals surface area contributed by atoms with Crippen molar-refractivity contribution in [3.8, 4) is 0 Å². The summed E-state index contributed by atoms with van der Waals surface area (Å²) in [5.41, 5.74) is 4.63. The smallest absolute Gasteiger partial charge is 0.0121 e. The maximum Gasteiger partial charge on any atom is -0.0121 e. The monoisotopic (exact) mass is 160 g/mol. The average Bonchev–Trinajstić information content (AvgIpc) is 2.15. The lowest BCUT2D eigenvalue weighted by molar-refractivity contribution is 0.541. The standard InChI is InChI=1S/C12H16/c1-4-10-5-6-11-8(2)9(3)12(11)7-10/h5-9H,4H2,1-3H3. The molecule has 0 fully saturated rings. The summed E-state index contributed by atoms with van der Waals surface area (Å²) < 4.78 is 0. The summed E-state index contributed by atoms with van der Waals surface area (Å²) in [5.74, 6) is 1.57. The van der Waals surface area contributed by atoms with E-state index in [1.807, 2.05) is 0 Å². The summed E-state index contributed by atoms with van der Waals surface area (Å²) in [4.78, 5) is 0. The third-order valence-corrected chi connectivity index (χ3v) is 3.29. The fourth-order valence-electron chi connectivity index (χ4n) is 2.10. The topological polar surface area (TPSA) is 0 Å². The quantitative estimate of drug-likeness (QED) is 0.590. The zero-order valence-electron chi connectivity index (χ0n) is 8.09. The van der Waals surface area contributed by atoms with Gasteiger partial charge in [0.25, 0.3) is 0 Å². The molecule has 0 radical (unpaired) electrons. The van der Waals surface area contributed by atoms with E-state index in [2.05, 4.69) is 39.0 Å². The third-order valence-electron chi connectivity index (χ3n) is 3.29. The first-order valence-electron chi connectivity index (χ1n) is 4.86. The Balaban J connectivity index is 2.41. The Morgan fingerprint density at radius 2 is 1.75 bits per heavy atom. The molecule has 2 unspecified atom stereocenters. The van der Waals surface area contributed by atoms with Crippen LogP contribution in [0.3, 0.4) is 0 Å². The van der Waals surface area contributed by atoms with Crippen molar-refractivity contribution in [1.82, 2.24) is 0 Å². The van der Waals surface area contributed by atoms with Gasteiger partial charge < -0.3 is 0 Å². The normalized spacial score (nSPS) is 26.2. The van der Waals surface area contributed by atoms with Gasteiger partial charge in [-0.25, -0.2) is 0 Å². The first-order chi connectivity index (χ1) is 5.74. The van der Waals surface area contributed by atoms with Crippen LogP contribution in [0.5, 0.6) is 0 Å². The third kappa shape index (κ3) is 0.906. The van der Waals surface area contributed by atoms with Gasteiger partial charge >= 0.3 is 0 Å². The van der Waals surface area contributed by atoms with Crippen molar-refractivity contribution in [2.24, 2.45) is 0 Å². The Morgan fingerprint density at radius 1 is 1.08 bits per heavy atom. The Bertz CT molecular complexity index is 299. The minimum atomic E-state index is 0.783. The highest BCUT2D eigenvalue weighted by Crippen LogP contribution is 2.45. The van der Waals surface area contributed by atoms with Gasteiger partial charge in [-0.15, -0.1) is 0 Å². The Hall–Kier alpha value is -0.780. The van der Waals surface area contributed by atoms with Crippen molar-refractivity contribution < 1.29 is 0 Å². The van der Waals surface area contributed by atoms with Crippen LogP contribution in [0.2, 0.25) is 0 Å². The summed E-state index contributed by atoms with van der Waals surface area (Å²) in [7, 11) is 0. The molecule has 12 heavy (non-hydrogen) atoms. The van der Waals surface area contributed by atoms with Crippen molar-refractivity contribution in [1.29, 1.82) is 0 Å². The Morgan fingerprint density at radius 3 is 2.42 bits per heavy atom. The summed E-state index contributed by atoms with van der Waals surface area (Å²) in [6, 6.07) is 6.94. The molecular weight excluding hydrogens is 144 g/mol. The number of hydrogen-bond donors (Lipinski definition) is 0. The molecule has 0 saturated heterocycles. The van der Waals surface area contributed by atoms with E-state index in [1.165, 1.54) is 5.56 Å². The van der Waals surface area contributed by atoms with E-state index in [4.69, 9.17) is 0 Å². The molecule has 0 aliphatic heterocycles. The second-order valence-electron chi connectivity index (χ2n) is 3.89. The molecule has 0 heterocycles. The van der Waals surface area contributed by atoms with Gasteiger partial charge in [-0.1, -0.05) is 39.0 Å². The van der Waals surface area contributed by atoms with Crippen LogP contribution in [-0.4, -0.2) is 0 Å². The van der Waals surface area contributed by atoms with Crippen LogP contribution in [0.1, 0.15) is 49.3 Å². The fourth-order valence-corrected chi connectivity index (χ4v) is 2.10. The first-order valence-corrected chi connectivity index (χ1v) is 4.86. The SMILES string of the molecule is CCc1ccc2c(c1)C(C)C2C. The van der Waals surface area contributed by atoms with E-state index in [9.17, 15) is 0 Å². The second kappa shape index (κ2) is 2.62. The predicted octanol–water partition coefficient (Wildman–Crippen LogP) is 3.47. The largest absolute Gasteiger partial charge is 0.0613 e. The molecule has 2 rings (SSSR count). The lowest BCUT2D eigenvalue weighted by Crippen LogP contribution is -2.19. The van der Waals surface area contributed by atoms with E-state index in [-0.39, 0.29) is 0 Å². The molecule has 0 bridgehead atoms. The van der Waals surface area contributed by atoms with Crippen molar-refractivity contribution in [3.63, 3.8) is 0 Å². The van der Waals surface area contributed by atoms with Crippen molar-refractivity contribution in [3.05, 3.63) is 34.9 Å². The van der Waals surface area contributed by atoms with Crippen LogP contribution in [0.15, 0.2) is 18.2 Å². The highest BCUT2D eigenvalue weighted by Gasteiger charge is 2.29. The fraction of sp³-hybridized carbons (Fsp3) is 0.500. The molecule has 1 aromatic rings. The molecule has 1 aromatic carbocycles. The average molecular weight is 160 g/mol. The van der Waals surface area contributed by atoms with Gasteiger partial charge in [-0.3, -0.25) is 0 Å². The van der Waals surface area contributed by atoms with Crippen molar-refractivity contribution in [2.45, 2.75) is 39.0 Å². The molecule has 1 aliphatic rings. The van der Waals surface area contributed by atoms with Crippen LogP contribution < -0.4 is 0 Å². The van der Waals surface area contributed by atoms with Gasteiger partial charge in [0.05, 0.1) is 0 Å². The summed E-state index contributed by atoms with van der Waals surface area (Å²) in [6.07, 6.45) is 1.16. The van der Waals surface area contributed by atoms with E-state index in [1.54, 1.807) is 11.1 Å². The molecule has 0 nitrogen and oxygen atoms in total. The lowest BCUT2D eigenvalue weighted by atomic mass is 9.69. The summed E-state index contributed by atoms with van der Waals surface area (Å²) in [5, 5.41) is 0. The van der Waals surface area contributed by atoms with Crippen molar-refractivity contribution in [2.75, 3.05) is 0 Å². The number of fused-ring (bicyclic) bond motifs is 1. The first kappa shape index (κ1) is 7.85. The molecule has 0 amide bonds. The number of benzene rings is 1. The molecule has 0 N–H and O–H groups in total. The number of rotatable bonds is 1. The van der Waals surface area contributed by atoms with E-state index in [0.717, 1.165) is 18.3 Å². The molecule has 64 valence electrons. The van der Waals surface area contributed by atoms with Gasteiger partial charge in [0.1, 0.15) is 0 Å². The highest BCUT2D eigenvalue weighted by molar-refractivity contribution is 5.46. The van der Waals surface area contributed by atoms with Gasteiger partial charge in [0.2, 0.25) is 0 Å². The molecule has 1 aliphatic carbocycles. The maximum absolute atomic E-state index is 2.38. The van der Waals surface area contributed by atoms with E-state index < -0.39 is 0 Å². The highest BCUT2D eigenvalue weighted by atomic mass is 14.3. The molecule has 0 heteroatoms. The van der Waals surface area contributed by atoms with Crippen LogP contribution in [0, 0.1) is 0 Å². The maximum atomic E-state index is 2.38. The van der Waals surface area contributed by atoms with Gasteiger partial charge in [-0.2, -0.15) is 0 Å². The second-order valence-corrected chi connectivity index (χ2v) is 3.89. The van der Waals surface area contributed by atoms with Gasteiger partial charge in [0.15, 0.2) is 0 Å². The molecular formula is C12H16. The van der Waals surface area contributed by atoms with Gasteiger partial charge in [-0.05, 0) is 34.9 Å². The minimum absolute atomic E-state index is 0.783. The zero-order valence-corrected chi connectivity index (χ0v) is 8.09. The summed E-state index contributed by atoms with van der Waals surface area (Å²) in [6.45, 7) is 6.86. The zero-order chi connectivity index (χ0) is 8.72.